The summed E-state index contributed by atoms with van der Waals surface area (Å²) in [6.45, 7) is 6.37. The van der Waals surface area contributed by atoms with Crippen LogP contribution < -0.4 is 10.2 Å². The summed E-state index contributed by atoms with van der Waals surface area (Å²) < 4.78 is 26.8. The van der Waals surface area contributed by atoms with Gasteiger partial charge in [0.2, 0.25) is 10.0 Å². The summed E-state index contributed by atoms with van der Waals surface area (Å²) in [7, 11) is -3.45. The van der Waals surface area contributed by atoms with Gasteiger partial charge in [0.15, 0.2) is 6.54 Å². The Bertz CT molecular complexity index is 905. The van der Waals surface area contributed by atoms with Crippen molar-refractivity contribution in [3.63, 3.8) is 0 Å². The van der Waals surface area contributed by atoms with Gasteiger partial charge < -0.3 is 10.2 Å². The van der Waals surface area contributed by atoms with E-state index in [1.54, 1.807) is 30.3 Å². The van der Waals surface area contributed by atoms with Gasteiger partial charge in [-0.25, -0.2) is 8.42 Å². The van der Waals surface area contributed by atoms with Gasteiger partial charge in [-0.3, -0.25) is 4.79 Å². The fourth-order valence-corrected chi connectivity index (χ4v) is 4.72. The number of sulfonamides is 1. The number of hydrogen-bond acceptors (Lipinski definition) is 3. The summed E-state index contributed by atoms with van der Waals surface area (Å²) in [6.07, 6.45) is 0. The highest BCUT2D eigenvalue weighted by Gasteiger charge is 2.31. The summed E-state index contributed by atoms with van der Waals surface area (Å²) in [6, 6.07) is 14.5. The van der Waals surface area contributed by atoms with Crippen LogP contribution in [0, 0.1) is 13.8 Å². The first-order valence-electron chi connectivity index (χ1n) is 9.12. The van der Waals surface area contributed by atoms with Crippen LogP contribution in [0.25, 0.3) is 0 Å². The molecule has 0 radical (unpaired) electrons. The molecule has 1 aliphatic rings. The van der Waals surface area contributed by atoms with Gasteiger partial charge in [0.05, 0.1) is 31.1 Å². The summed E-state index contributed by atoms with van der Waals surface area (Å²) >= 11 is 0. The Morgan fingerprint density at radius 3 is 2.41 bits per heavy atom. The molecule has 2 N–H and O–H groups in total. The van der Waals surface area contributed by atoms with Gasteiger partial charge in [-0.1, -0.05) is 30.3 Å². The second kappa shape index (κ2) is 8.21. The Kier molecular flexibility index (Phi) is 5.94. The second-order valence-electron chi connectivity index (χ2n) is 7.01. The molecule has 27 heavy (non-hydrogen) atoms. The fraction of sp³-hybridized carbons (Fsp3) is 0.350. The number of nitrogens with one attached hydrogen (secondary N) is 2. The van der Waals surface area contributed by atoms with E-state index in [0.29, 0.717) is 37.6 Å². The lowest BCUT2D eigenvalue weighted by Crippen LogP contribution is -3.15. The molecular weight excluding hydrogens is 362 g/mol. The second-order valence-corrected chi connectivity index (χ2v) is 8.95. The van der Waals surface area contributed by atoms with E-state index in [-0.39, 0.29) is 5.91 Å². The maximum Gasteiger partial charge on any atom is 0.279 e. The zero-order valence-electron chi connectivity index (χ0n) is 15.7. The monoisotopic (exact) mass is 388 g/mol. The van der Waals surface area contributed by atoms with Crippen molar-refractivity contribution < 1.29 is 18.1 Å². The van der Waals surface area contributed by atoms with Crippen molar-refractivity contribution in [3.05, 3.63) is 59.7 Å². The van der Waals surface area contributed by atoms with Crippen molar-refractivity contribution in [1.29, 1.82) is 0 Å². The van der Waals surface area contributed by atoms with E-state index in [9.17, 15) is 13.2 Å². The van der Waals surface area contributed by atoms with Crippen LogP contribution in [0.1, 0.15) is 11.1 Å². The van der Waals surface area contributed by atoms with Crippen molar-refractivity contribution in [2.45, 2.75) is 18.7 Å². The molecule has 1 aliphatic heterocycles. The Hall–Kier alpha value is -2.22. The number of piperazine rings is 1. The highest BCUT2D eigenvalue weighted by Crippen LogP contribution is 2.16. The van der Waals surface area contributed by atoms with Crippen LogP contribution in [-0.2, 0) is 14.8 Å². The largest absolute Gasteiger partial charge is 0.325 e. The molecule has 144 valence electrons. The lowest BCUT2D eigenvalue weighted by atomic mass is 10.1. The number of benzene rings is 2. The number of carbonyl (C=O) groups is 1. The number of quaternary nitrogens is 1. The van der Waals surface area contributed by atoms with E-state index in [4.69, 9.17) is 0 Å². The van der Waals surface area contributed by atoms with Crippen molar-refractivity contribution in [2.75, 3.05) is 38.0 Å². The third kappa shape index (κ3) is 4.74. The quantitative estimate of drug-likeness (QED) is 0.797. The van der Waals surface area contributed by atoms with Crippen molar-refractivity contribution in [1.82, 2.24) is 4.31 Å². The minimum atomic E-state index is -3.45. The fourth-order valence-electron chi connectivity index (χ4n) is 3.25. The van der Waals surface area contributed by atoms with Gasteiger partial charge in [0.25, 0.3) is 5.91 Å². The van der Waals surface area contributed by atoms with E-state index in [1.807, 2.05) is 32.0 Å². The topological polar surface area (TPSA) is 70.9 Å². The van der Waals surface area contributed by atoms with E-state index >= 15 is 0 Å². The maximum absolute atomic E-state index is 12.7. The number of rotatable bonds is 5. The van der Waals surface area contributed by atoms with Crippen molar-refractivity contribution >= 4 is 21.6 Å². The predicted molar refractivity (Wildman–Crippen MR) is 105 cm³/mol. The van der Waals surface area contributed by atoms with E-state index < -0.39 is 10.0 Å². The zero-order valence-corrected chi connectivity index (χ0v) is 16.6. The number of amides is 1. The summed E-state index contributed by atoms with van der Waals surface area (Å²) in [5, 5.41) is 2.97. The summed E-state index contributed by atoms with van der Waals surface area (Å²) in [5.41, 5.74) is 2.97. The van der Waals surface area contributed by atoms with Gasteiger partial charge in [0, 0.05) is 5.69 Å². The standard InChI is InChI=1S/C20H25N3O3S/c1-16-8-9-17(2)19(14-16)21-20(24)15-22-10-12-23(13-11-22)27(25,26)18-6-4-3-5-7-18/h3-9,14H,10-13,15H2,1-2H3,(H,21,24)/p+1. The molecule has 1 saturated heterocycles. The van der Waals surface area contributed by atoms with Gasteiger partial charge in [-0.05, 0) is 43.2 Å². The molecule has 1 fully saturated rings. The molecule has 1 amide bonds. The molecule has 3 rings (SSSR count). The average Bonchev–Trinajstić information content (AvgIpc) is 2.66. The molecule has 0 aliphatic carbocycles. The van der Waals surface area contributed by atoms with E-state index in [1.165, 1.54) is 4.31 Å². The van der Waals surface area contributed by atoms with Crippen LogP contribution in [0.5, 0.6) is 0 Å². The molecule has 0 aromatic heterocycles. The molecule has 0 atom stereocenters. The van der Waals surface area contributed by atoms with Crippen LogP contribution in [0.3, 0.4) is 0 Å². The normalized spacial score (nSPS) is 16.2. The zero-order chi connectivity index (χ0) is 19.4. The number of nitrogens with zero attached hydrogens (tertiary/aromatic N) is 1. The first-order chi connectivity index (χ1) is 12.9. The molecular formula is C20H26N3O3S+. The van der Waals surface area contributed by atoms with Gasteiger partial charge in [-0.15, -0.1) is 0 Å². The third-order valence-electron chi connectivity index (χ3n) is 4.89. The summed E-state index contributed by atoms with van der Waals surface area (Å²) in [4.78, 5) is 13.8. The number of hydrogen-bond donors (Lipinski definition) is 2. The lowest BCUT2D eigenvalue weighted by Gasteiger charge is -2.31. The molecule has 0 saturated carbocycles. The number of carbonyl (C=O) groups excluding carboxylic acids is 1. The lowest BCUT2D eigenvalue weighted by molar-refractivity contribution is -0.895. The van der Waals surface area contributed by atoms with Gasteiger partial charge >= 0.3 is 0 Å². The predicted octanol–water partition coefficient (Wildman–Crippen LogP) is 0.831. The Morgan fingerprint density at radius 2 is 1.74 bits per heavy atom. The molecule has 2 aromatic carbocycles. The van der Waals surface area contributed by atoms with E-state index in [2.05, 4.69) is 5.32 Å². The molecule has 2 aromatic rings. The van der Waals surface area contributed by atoms with E-state index in [0.717, 1.165) is 21.7 Å². The van der Waals surface area contributed by atoms with Crippen molar-refractivity contribution in [3.8, 4) is 0 Å². The van der Waals surface area contributed by atoms with Crippen LogP contribution in [0.4, 0.5) is 5.69 Å². The summed E-state index contributed by atoms with van der Waals surface area (Å²) in [5.74, 6) is -0.0435. The van der Waals surface area contributed by atoms with Gasteiger partial charge in [-0.2, -0.15) is 4.31 Å². The Morgan fingerprint density at radius 1 is 1.07 bits per heavy atom. The molecule has 0 unspecified atom stereocenters. The van der Waals surface area contributed by atoms with Crippen LogP contribution >= 0.6 is 0 Å². The number of aryl methyl sites for hydroxylation is 2. The smallest absolute Gasteiger partial charge is 0.279 e. The highest BCUT2D eigenvalue weighted by molar-refractivity contribution is 7.89. The minimum Gasteiger partial charge on any atom is -0.325 e. The molecule has 6 nitrogen and oxygen atoms in total. The first-order valence-corrected chi connectivity index (χ1v) is 10.6. The first kappa shape index (κ1) is 19.5. The molecule has 1 heterocycles. The Labute approximate surface area is 160 Å². The minimum absolute atomic E-state index is 0.0435. The van der Waals surface area contributed by atoms with Crippen molar-refractivity contribution in [2.24, 2.45) is 0 Å². The van der Waals surface area contributed by atoms with Crippen LogP contribution in [0.15, 0.2) is 53.4 Å². The highest BCUT2D eigenvalue weighted by atomic mass is 32.2. The molecule has 0 spiro atoms. The Balaban J connectivity index is 1.55. The number of anilines is 1. The van der Waals surface area contributed by atoms with Gasteiger partial charge in [0.1, 0.15) is 0 Å². The average molecular weight is 389 g/mol. The van der Waals surface area contributed by atoms with Crippen LogP contribution in [0.2, 0.25) is 0 Å². The maximum atomic E-state index is 12.7. The SMILES string of the molecule is Cc1ccc(C)c(NC(=O)C[NH+]2CCN(S(=O)(=O)c3ccccc3)CC2)c1. The molecule has 7 heteroatoms. The third-order valence-corrected chi connectivity index (χ3v) is 6.80. The van der Waals surface area contributed by atoms with Crippen LogP contribution in [-0.4, -0.2) is 51.4 Å². The molecule has 0 bridgehead atoms.